The minimum Gasteiger partial charge on any atom is -0.494 e. The fraction of sp³-hybridized carbons (Fsp3) is 0.269. The Labute approximate surface area is 201 Å². The van der Waals surface area contributed by atoms with E-state index in [4.69, 9.17) is 9.47 Å². The number of rotatable bonds is 11. The highest BCUT2D eigenvalue weighted by Gasteiger charge is 2.21. The number of nitrogens with one attached hydrogen (secondary N) is 1. The molecule has 1 amide bonds. The lowest BCUT2D eigenvalue weighted by atomic mass is 10.1. The van der Waals surface area contributed by atoms with Gasteiger partial charge in [-0.25, -0.2) is 8.42 Å². The van der Waals surface area contributed by atoms with E-state index in [1.807, 2.05) is 38.1 Å². The van der Waals surface area contributed by atoms with Crippen molar-refractivity contribution in [2.45, 2.75) is 26.9 Å². The van der Waals surface area contributed by atoms with Gasteiger partial charge >= 0.3 is 0 Å². The van der Waals surface area contributed by atoms with Crippen LogP contribution in [0.4, 0.5) is 5.69 Å². The molecule has 3 aromatic rings. The van der Waals surface area contributed by atoms with Crippen molar-refractivity contribution >= 4 is 21.6 Å². The molecule has 0 radical (unpaired) electrons. The predicted octanol–water partition coefficient (Wildman–Crippen LogP) is 4.38. The Balaban J connectivity index is 1.72. The second-order valence-electron chi connectivity index (χ2n) is 7.59. The molecule has 0 saturated carbocycles. The Hall–Kier alpha value is -3.52. The average molecular weight is 483 g/mol. The van der Waals surface area contributed by atoms with Gasteiger partial charge in [-0.05, 0) is 49.7 Å². The van der Waals surface area contributed by atoms with Crippen molar-refractivity contribution in [3.63, 3.8) is 0 Å². The molecule has 0 aliphatic carbocycles. The van der Waals surface area contributed by atoms with E-state index in [0.717, 1.165) is 23.1 Å². The van der Waals surface area contributed by atoms with E-state index in [9.17, 15) is 13.2 Å². The zero-order valence-electron chi connectivity index (χ0n) is 19.7. The van der Waals surface area contributed by atoms with Crippen LogP contribution in [0.15, 0.2) is 72.8 Å². The number of sulfonamides is 1. The van der Waals surface area contributed by atoms with Gasteiger partial charge in [-0.3, -0.25) is 9.10 Å². The number of hydrogen-bond acceptors (Lipinski definition) is 5. The molecule has 1 N–H and O–H groups in total. The molecule has 0 spiro atoms. The molecule has 0 bridgehead atoms. The van der Waals surface area contributed by atoms with Gasteiger partial charge in [-0.15, -0.1) is 0 Å². The molecule has 0 atom stereocenters. The number of benzene rings is 3. The van der Waals surface area contributed by atoms with Gasteiger partial charge in [0.2, 0.25) is 10.0 Å². The van der Waals surface area contributed by atoms with E-state index in [1.54, 1.807) is 48.5 Å². The lowest BCUT2D eigenvalue weighted by Crippen LogP contribution is -2.29. The summed E-state index contributed by atoms with van der Waals surface area (Å²) in [5.41, 5.74) is 2.60. The Bertz CT molecular complexity index is 1210. The van der Waals surface area contributed by atoms with E-state index < -0.39 is 10.0 Å². The lowest BCUT2D eigenvalue weighted by molar-refractivity contribution is 0.0950. The van der Waals surface area contributed by atoms with E-state index in [0.29, 0.717) is 36.8 Å². The molecular weight excluding hydrogens is 452 g/mol. The summed E-state index contributed by atoms with van der Waals surface area (Å²) >= 11 is 0. The van der Waals surface area contributed by atoms with Crippen molar-refractivity contribution in [2.24, 2.45) is 0 Å². The van der Waals surface area contributed by atoms with Crippen molar-refractivity contribution in [3.05, 3.63) is 89.5 Å². The first-order valence-electron chi connectivity index (χ1n) is 11.1. The molecule has 3 aromatic carbocycles. The highest BCUT2D eigenvalue weighted by molar-refractivity contribution is 7.92. The fourth-order valence-corrected chi connectivity index (χ4v) is 4.36. The summed E-state index contributed by atoms with van der Waals surface area (Å²) in [7, 11) is -3.57. The topological polar surface area (TPSA) is 84.9 Å². The molecule has 3 rings (SSSR count). The molecule has 0 aromatic heterocycles. The first-order valence-corrected chi connectivity index (χ1v) is 13.0. The number of hydrogen-bond donors (Lipinski definition) is 1. The van der Waals surface area contributed by atoms with Crippen LogP contribution >= 0.6 is 0 Å². The minimum absolute atomic E-state index is 0.118. The molecule has 0 aliphatic rings. The average Bonchev–Trinajstić information content (AvgIpc) is 2.82. The highest BCUT2D eigenvalue weighted by Crippen LogP contribution is 2.31. The summed E-state index contributed by atoms with van der Waals surface area (Å²) in [5, 5.41) is 2.90. The monoisotopic (exact) mass is 482 g/mol. The smallest absolute Gasteiger partial charge is 0.251 e. The quantitative estimate of drug-likeness (QED) is 0.438. The minimum atomic E-state index is -3.57. The first-order chi connectivity index (χ1) is 16.3. The molecular formula is C26H30N2O5S. The zero-order valence-corrected chi connectivity index (χ0v) is 20.5. The van der Waals surface area contributed by atoms with Crippen molar-refractivity contribution in [2.75, 3.05) is 23.8 Å². The number of amides is 1. The van der Waals surface area contributed by atoms with Gasteiger partial charge in [0, 0.05) is 17.7 Å². The van der Waals surface area contributed by atoms with Crippen LogP contribution in [0.3, 0.4) is 0 Å². The normalized spacial score (nSPS) is 11.0. The molecule has 0 aliphatic heterocycles. The number of carbonyl (C=O) groups is 1. The second-order valence-corrected chi connectivity index (χ2v) is 9.50. The number of anilines is 1. The number of carbonyl (C=O) groups excluding carboxylic acids is 1. The Morgan fingerprint density at radius 3 is 2.09 bits per heavy atom. The van der Waals surface area contributed by atoms with Gasteiger partial charge in [0.05, 0.1) is 31.7 Å². The summed E-state index contributed by atoms with van der Waals surface area (Å²) in [6.45, 7) is 5.19. The summed E-state index contributed by atoms with van der Waals surface area (Å²) < 4.78 is 37.6. The van der Waals surface area contributed by atoms with Crippen LogP contribution in [0, 0.1) is 0 Å². The van der Waals surface area contributed by atoms with E-state index in [2.05, 4.69) is 5.32 Å². The number of para-hydroxylation sites is 3. The largest absolute Gasteiger partial charge is 0.494 e. The van der Waals surface area contributed by atoms with Gasteiger partial charge in [-0.2, -0.15) is 0 Å². The summed E-state index contributed by atoms with van der Waals surface area (Å²) in [6, 6.07) is 21.5. The van der Waals surface area contributed by atoms with Crippen molar-refractivity contribution in [1.29, 1.82) is 0 Å². The van der Waals surface area contributed by atoms with Crippen LogP contribution in [-0.4, -0.2) is 33.8 Å². The maximum atomic E-state index is 12.6. The first kappa shape index (κ1) is 25.1. The van der Waals surface area contributed by atoms with Gasteiger partial charge in [-0.1, -0.05) is 42.5 Å². The molecule has 180 valence electrons. The fourth-order valence-electron chi connectivity index (χ4n) is 3.47. The van der Waals surface area contributed by atoms with Crippen molar-refractivity contribution in [3.8, 4) is 11.5 Å². The molecule has 8 heteroatoms. The van der Waals surface area contributed by atoms with Gasteiger partial charge < -0.3 is 14.8 Å². The number of nitrogens with zero attached hydrogens (tertiary/aromatic N) is 1. The molecule has 0 heterocycles. The molecule has 0 unspecified atom stereocenters. The molecule has 0 saturated heterocycles. The predicted molar refractivity (Wildman–Crippen MR) is 134 cm³/mol. The van der Waals surface area contributed by atoms with Crippen LogP contribution < -0.4 is 19.1 Å². The van der Waals surface area contributed by atoms with Crippen LogP contribution in [0.2, 0.25) is 0 Å². The van der Waals surface area contributed by atoms with E-state index in [1.165, 1.54) is 4.31 Å². The Morgan fingerprint density at radius 2 is 1.44 bits per heavy atom. The lowest BCUT2D eigenvalue weighted by Gasteiger charge is -2.24. The van der Waals surface area contributed by atoms with Crippen molar-refractivity contribution in [1.82, 2.24) is 5.32 Å². The van der Waals surface area contributed by atoms with Crippen LogP contribution in [0.5, 0.6) is 11.5 Å². The molecule has 0 fully saturated rings. The van der Waals surface area contributed by atoms with Crippen LogP contribution in [-0.2, 0) is 23.1 Å². The van der Waals surface area contributed by atoms with Crippen LogP contribution in [0.25, 0.3) is 0 Å². The van der Waals surface area contributed by atoms with Gasteiger partial charge in [0.25, 0.3) is 5.91 Å². The zero-order chi connectivity index (χ0) is 24.6. The maximum Gasteiger partial charge on any atom is 0.251 e. The Morgan fingerprint density at radius 1 is 0.853 bits per heavy atom. The third kappa shape index (κ3) is 6.51. The molecule has 7 nitrogen and oxygen atoms in total. The van der Waals surface area contributed by atoms with Gasteiger partial charge in [0.1, 0.15) is 11.5 Å². The SMILES string of the molecule is CCOc1ccccc1CNC(=O)c1ccc(CN(c2ccccc2OCC)S(C)(=O)=O)cc1. The summed E-state index contributed by atoms with van der Waals surface area (Å²) in [5.74, 6) is 1.02. The standard InChI is InChI=1S/C26H30N2O5S/c1-4-32-24-12-8-6-10-22(24)18-27-26(29)21-16-14-20(15-17-21)19-28(34(3,30)31)23-11-7-9-13-25(23)33-5-2/h6-17H,4-5,18-19H2,1-3H3,(H,27,29). The second kappa shape index (κ2) is 11.6. The molecule has 34 heavy (non-hydrogen) atoms. The third-order valence-electron chi connectivity index (χ3n) is 5.09. The Kier molecular flexibility index (Phi) is 8.54. The van der Waals surface area contributed by atoms with E-state index in [-0.39, 0.29) is 12.5 Å². The third-order valence-corrected chi connectivity index (χ3v) is 6.21. The summed E-state index contributed by atoms with van der Waals surface area (Å²) in [4.78, 5) is 12.6. The highest BCUT2D eigenvalue weighted by atomic mass is 32.2. The van der Waals surface area contributed by atoms with Crippen LogP contribution in [0.1, 0.15) is 35.3 Å². The van der Waals surface area contributed by atoms with Crippen molar-refractivity contribution < 1.29 is 22.7 Å². The summed E-state index contributed by atoms with van der Waals surface area (Å²) in [6.07, 6.45) is 1.16. The van der Waals surface area contributed by atoms with Gasteiger partial charge in [0.15, 0.2) is 0 Å². The van der Waals surface area contributed by atoms with E-state index >= 15 is 0 Å². The maximum absolute atomic E-state index is 12.6. The number of ether oxygens (including phenoxy) is 2.